The Kier molecular flexibility index (Phi) is 8.57. The molecule has 1 atom stereocenters. The summed E-state index contributed by atoms with van der Waals surface area (Å²) in [5.41, 5.74) is 0.588. The molecule has 0 aliphatic carbocycles. The van der Waals surface area contributed by atoms with Gasteiger partial charge < -0.3 is 25.9 Å². The van der Waals surface area contributed by atoms with Crippen molar-refractivity contribution in [3.8, 4) is 28.7 Å². The second-order valence-corrected chi connectivity index (χ2v) is 8.04. The van der Waals surface area contributed by atoms with E-state index >= 15 is 0 Å². The minimum atomic E-state index is -4.08. The molecular weight excluding hydrogens is 443 g/mol. The van der Waals surface area contributed by atoms with Crippen molar-refractivity contribution in [3.63, 3.8) is 0 Å². The van der Waals surface area contributed by atoms with Crippen molar-refractivity contribution in [1.82, 2.24) is 0 Å². The minimum Gasteiger partial charge on any atom is -1.00 e. The van der Waals surface area contributed by atoms with Crippen molar-refractivity contribution in [2.24, 2.45) is 0 Å². The molecule has 0 radical (unpaired) electrons. The maximum Gasteiger partial charge on any atom is 1.00 e. The van der Waals surface area contributed by atoms with Crippen molar-refractivity contribution in [2.75, 3.05) is 19.5 Å². The normalized spacial score (nSPS) is 15.5. The van der Waals surface area contributed by atoms with E-state index in [2.05, 4.69) is 0 Å². The van der Waals surface area contributed by atoms with Crippen LogP contribution >= 0.6 is 0 Å². The number of hydrogen-bond donors (Lipinski definition) is 3. The molecule has 1 unspecified atom stereocenters. The average Bonchev–Trinajstić information content (AvgIpc) is 2.63. The summed E-state index contributed by atoms with van der Waals surface area (Å²) in [4.78, 5) is 12.5. The summed E-state index contributed by atoms with van der Waals surface area (Å²) >= 11 is 0. The maximum absolute atomic E-state index is 12.5. The number of carbonyl (C=O) groups is 1. The second kappa shape index (κ2) is 10.3. The van der Waals surface area contributed by atoms with Gasteiger partial charge in [0.15, 0.2) is 17.3 Å². The zero-order valence-corrected chi connectivity index (χ0v) is 20.4. The van der Waals surface area contributed by atoms with Gasteiger partial charge in [0, 0.05) is 12.1 Å². The van der Waals surface area contributed by atoms with Gasteiger partial charge in [-0.05, 0) is 24.1 Å². The van der Waals surface area contributed by atoms with Gasteiger partial charge in [-0.25, -0.2) is 0 Å². The summed E-state index contributed by atoms with van der Waals surface area (Å²) in [5.74, 6) is -0.605. The topological polar surface area (TPSA) is 140 Å². The molecule has 158 valence electrons. The van der Waals surface area contributed by atoms with Crippen LogP contribution < -0.4 is 65.6 Å². The van der Waals surface area contributed by atoms with Gasteiger partial charge in [0.1, 0.15) is 28.9 Å². The Morgan fingerprint density at radius 2 is 1.93 bits per heavy atom. The van der Waals surface area contributed by atoms with E-state index in [1.54, 1.807) is 12.1 Å². The number of benzene rings is 2. The molecule has 0 bridgehead atoms. The molecule has 1 aliphatic heterocycles. The van der Waals surface area contributed by atoms with Gasteiger partial charge in [0.05, 0.1) is 25.9 Å². The molecule has 0 spiro atoms. The van der Waals surface area contributed by atoms with E-state index in [0.29, 0.717) is 5.56 Å². The van der Waals surface area contributed by atoms with Crippen LogP contribution in [0.15, 0.2) is 30.3 Å². The van der Waals surface area contributed by atoms with E-state index in [1.807, 2.05) is 0 Å². The van der Waals surface area contributed by atoms with Crippen LogP contribution in [-0.4, -0.2) is 48.4 Å². The Hall–Kier alpha value is -1.34. The molecule has 0 saturated heterocycles. The standard InChI is InChI=1S/C19H20O9S.K.H/c1-26-16-4-3-11(7-13(16)20)17-10-15(22)19-14(21)8-12(9-18(19)28-17)27-5-2-6-29(23,24)25;;/h3-4,7-9,17,20-21H,2,5-6,10H2,1H3,(H,23,24,25);;/q;+1;-1. The zero-order valence-electron chi connectivity index (χ0n) is 17.5. The van der Waals surface area contributed by atoms with Gasteiger partial charge in [0.2, 0.25) is 0 Å². The molecule has 1 aliphatic rings. The van der Waals surface area contributed by atoms with Crippen molar-refractivity contribution < 1.29 is 95.0 Å². The number of methoxy groups -OCH3 is 1. The number of fused-ring (bicyclic) bond motifs is 1. The largest absolute Gasteiger partial charge is 1.00 e. The first-order valence-corrected chi connectivity index (χ1v) is 10.3. The molecule has 1 heterocycles. The molecule has 0 aromatic heterocycles. The van der Waals surface area contributed by atoms with Gasteiger partial charge >= 0.3 is 51.4 Å². The van der Waals surface area contributed by atoms with Gasteiger partial charge in [-0.2, -0.15) is 8.42 Å². The Bertz CT molecular complexity index is 1040. The van der Waals surface area contributed by atoms with E-state index in [4.69, 9.17) is 18.8 Å². The fourth-order valence-electron chi connectivity index (χ4n) is 3.02. The predicted molar refractivity (Wildman–Crippen MR) is 103 cm³/mol. The molecule has 30 heavy (non-hydrogen) atoms. The fraction of sp³-hybridized carbons (Fsp3) is 0.316. The van der Waals surface area contributed by atoms with E-state index in [-0.39, 0.29) is 112 Å². The predicted octanol–water partition coefficient (Wildman–Crippen LogP) is -0.414. The third-order valence-electron chi connectivity index (χ3n) is 4.36. The summed E-state index contributed by atoms with van der Waals surface area (Å²) in [6.45, 7) is -0.0260. The minimum absolute atomic E-state index is 0. The van der Waals surface area contributed by atoms with E-state index in [0.717, 1.165) is 0 Å². The van der Waals surface area contributed by atoms with Gasteiger partial charge in [-0.1, -0.05) is 6.07 Å². The molecule has 2 aromatic rings. The van der Waals surface area contributed by atoms with Gasteiger partial charge in [-0.15, -0.1) is 0 Å². The summed E-state index contributed by atoms with van der Waals surface area (Å²) in [6, 6.07) is 7.33. The van der Waals surface area contributed by atoms with Crippen molar-refractivity contribution in [3.05, 3.63) is 41.5 Å². The first kappa shape index (κ1) is 24.9. The quantitative estimate of drug-likeness (QED) is 0.283. The zero-order chi connectivity index (χ0) is 21.2. The summed E-state index contributed by atoms with van der Waals surface area (Å²) in [5, 5.41) is 20.2. The Labute approximate surface area is 217 Å². The van der Waals surface area contributed by atoms with Crippen LogP contribution in [-0.2, 0) is 10.1 Å². The number of ketones is 1. The molecule has 0 fully saturated rings. The Morgan fingerprint density at radius 1 is 1.20 bits per heavy atom. The summed E-state index contributed by atoms with van der Waals surface area (Å²) < 4.78 is 46.4. The van der Waals surface area contributed by atoms with Gasteiger partial charge in [0.25, 0.3) is 10.1 Å². The number of rotatable bonds is 7. The van der Waals surface area contributed by atoms with Crippen LogP contribution in [0.4, 0.5) is 0 Å². The first-order valence-electron chi connectivity index (χ1n) is 8.69. The second-order valence-electron chi connectivity index (χ2n) is 6.47. The Balaban J connectivity index is 0.00000240. The third-order valence-corrected chi connectivity index (χ3v) is 5.17. The molecule has 11 heteroatoms. The van der Waals surface area contributed by atoms with E-state index < -0.39 is 22.0 Å². The molecule has 3 rings (SSSR count). The molecular formula is C19H21KO9S. The molecule has 0 saturated carbocycles. The molecule has 3 N–H and O–H groups in total. The van der Waals surface area contributed by atoms with Crippen LogP contribution in [0.2, 0.25) is 0 Å². The fourth-order valence-corrected chi connectivity index (χ4v) is 3.51. The van der Waals surface area contributed by atoms with E-state index in [1.165, 1.54) is 25.3 Å². The Morgan fingerprint density at radius 3 is 2.57 bits per heavy atom. The summed E-state index contributed by atoms with van der Waals surface area (Å²) in [6.07, 6.45) is -0.661. The maximum atomic E-state index is 12.5. The molecule has 0 amide bonds. The number of phenolic OH excluding ortho intramolecular Hbond substituents is 2. The molecule has 9 nitrogen and oxygen atoms in total. The van der Waals surface area contributed by atoms with E-state index in [9.17, 15) is 23.4 Å². The van der Waals surface area contributed by atoms with Crippen molar-refractivity contribution in [2.45, 2.75) is 18.9 Å². The average molecular weight is 465 g/mol. The van der Waals surface area contributed by atoms with Crippen LogP contribution in [0.5, 0.6) is 28.7 Å². The number of phenols is 2. The van der Waals surface area contributed by atoms with Crippen molar-refractivity contribution in [1.29, 1.82) is 0 Å². The van der Waals surface area contributed by atoms with Crippen molar-refractivity contribution >= 4 is 15.9 Å². The first-order chi connectivity index (χ1) is 13.7. The van der Waals surface area contributed by atoms with Crippen LogP contribution in [0, 0.1) is 0 Å². The number of hydrogen-bond acceptors (Lipinski definition) is 8. The number of aromatic hydroxyl groups is 2. The monoisotopic (exact) mass is 464 g/mol. The number of Topliss-reactive ketones (excluding diaryl/α,β-unsaturated/α-hetero) is 1. The van der Waals surface area contributed by atoms with Crippen LogP contribution in [0.25, 0.3) is 0 Å². The smallest absolute Gasteiger partial charge is 1.00 e. The third kappa shape index (κ3) is 6.09. The molecule has 2 aromatic carbocycles. The van der Waals surface area contributed by atoms with Crippen LogP contribution in [0.1, 0.15) is 36.3 Å². The number of carbonyl (C=O) groups excluding carboxylic acids is 1. The van der Waals surface area contributed by atoms with Crippen LogP contribution in [0.3, 0.4) is 0 Å². The summed E-state index contributed by atoms with van der Waals surface area (Å²) in [7, 11) is -2.66. The number of ether oxygens (including phenoxy) is 3. The SMILES string of the molecule is COc1ccc(C2CC(=O)c3c(O)cc(OCCCS(=O)(=O)O)cc3O2)cc1O.[H-].[K+]. The van der Waals surface area contributed by atoms with Gasteiger partial charge in [-0.3, -0.25) is 9.35 Å².